The molecule has 0 aromatic carbocycles. The highest BCUT2D eigenvalue weighted by atomic mass is 16.4. The Morgan fingerprint density at radius 3 is 2.36 bits per heavy atom. The van der Waals surface area contributed by atoms with E-state index in [1.54, 1.807) is 0 Å². The number of nitrogens with one attached hydrogen (secondary N) is 1. The summed E-state index contributed by atoms with van der Waals surface area (Å²) >= 11 is 0. The van der Waals surface area contributed by atoms with E-state index in [-0.39, 0.29) is 32.5 Å². The molecule has 0 amide bonds. The third-order valence-electron chi connectivity index (χ3n) is 1.73. The molecule has 6 heteroatoms. The van der Waals surface area contributed by atoms with Gasteiger partial charge in [-0.05, 0) is 6.42 Å². The van der Waals surface area contributed by atoms with Crippen LogP contribution in [0.15, 0.2) is 0 Å². The molecule has 14 heavy (non-hydrogen) atoms. The van der Waals surface area contributed by atoms with Crippen molar-refractivity contribution in [1.29, 1.82) is 0 Å². The van der Waals surface area contributed by atoms with Crippen LogP contribution in [0, 0.1) is 5.92 Å². The van der Waals surface area contributed by atoms with E-state index in [4.69, 9.17) is 15.3 Å². The standard InChI is InChI=1S/C8H15NO5/c10-4-2-6(8(13)14)5-9-3-1-7(11)12/h6,9-10H,1-5H2,(H,11,12)(H,13,14). The van der Waals surface area contributed by atoms with Crippen molar-refractivity contribution in [3.05, 3.63) is 0 Å². The van der Waals surface area contributed by atoms with E-state index in [1.807, 2.05) is 0 Å². The molecule has 1 unspecified atom stereocenters. The molecule has 0 bridgehead atoms. The first-order valence-electron chi connectivity index (χ1n) is 4.34. The molecule has 4 N–H and O–H groups in total. The topological polar surface area (TPSA) is 107 Å². The number of carboxylic acids is 2. The average Bonchev–Trinajstić information content (AvgIpc) is 2.09. The fourth-order valence-corrected chi connectivity index (χ4v) is 0.940. The zero-order chi connectivity index (χ0) is 11.0. The van der Waals surface area contributed by atoms with E-state index < -0.39 is 17.9 Å². The van der Waals surface area contributed by atoms with Crippen molar-refractivity contribution in [1.82, 2.24) is 5.32 Å². The molecular weight excluding hydrogens is 190 g/mol. The number of aliphatic hydroxyl groups is 1. The Morgan fingerprint density at radius 1 is 1.29 bits per heavy atom. The monoisotopic (exact) mass is 205 g/mol. The predicted molar refractivity (Wildman–Crippen MR) is 48.0 cm³/mol. The van der Waals surface area contributed by atoms with E-state index in [0.29, 0.717) is 0 Å². The number of rotatable bonds is 8. The highest BCUT2D eigenvalue weighted by molar-refractivity contribution is 5.70. The van der Waals surface area contributed by atoms with Gasteiger partial charge >= 0.3 is 11.9 Å². The fraction of sp³-hybridized carbons (Fsp3) is 0.750. The van der Waals surface area contributed by atoms with Crippen LogP contribution in [-0.4, -0.2) is 47.0 Å². The second-order valence-electron chi connectivity index (χ2n) is 2.90. The summed E-state index contributed by atoms with van der Waals surface area (Å²) in [4.78, 5) is 20.7. The Morgan fingerprint density at radius 2 is 1.93 bits per heavy atom. The lowest BCUT2D eigenvalue weighted by Crippen LogP contribution is -2.30. The summed E-state index contributed by atoms with van der Waals surface area (Å²) in [6.07, 6.45) is 0.140. The lowest BCUT2D eigenvalue weighted by molar-refractivity contribution is -0.142. The zero-order valence-electron chi connectivity index (χ0n) is 7.77. The summed E-state index contributed by atoms with van der Waals surface area (Å²) in [6, 6.07) is 0. The zero-order valence-corrected chi connectivity index (χ0v) is 7.77. The van der Waals surface area contributed by atoms with Gasteiger partial charge in [0.1, 0.15) is 0 Å². The number of hydrogen-bond donors (Lipinski definition) is 4. The molecule has 0 heterocycles. The van der Waals surface area contributed by atoms with Crippen LogP contribution < -0.4 is 5.32 Å². The Kier molecular flexibility index (Phi) is 6.69. The first kappa shape index (κ1) is 12.9. The van der Waals surface area contributed by atoms with Gasteiger partial charge in [-0.1, -0.05) is 0 Å². The molecule has 0 aliphatic heterocycles. The van der Waals surface area contributed by atoms with Crippen molar-refractivity contribution >= 4 is 11.9 Å². The molecule has 0 aliphatic rings. The smallest absolute Gasteiger partial charge is 0.307 e. The van der Waals surface area contributed by atoms with E-state index in [0.717, 1.165) is 0 Å². The first-order chi connectivity index (χ1) is 6.57. The summed E-state index contributed by atoms with van der Waals surface area (Å²) in [7, 11) is 0. The molecule has 0 saturated heterocycles. The van der Waals surface area contributed by atoms with Crippen molar-refractivity contribution in [2.24, 2.45) is 5.92 Å². The number of aliphatic hydroxyl groups excluding tert-OH is 1. The van der Waals surface area contributed by atoms with Crippen molar-refractivity contribution < 1.29 is 24.9 Å². The average molecular weight is 205 g/mol. The van der Waals surface area contributed by atoms with Crippen molar-refractivity contribution in [3.8, 4) is 0 Å². The van der Waals surface area contributed by atoms with E-state index in [1.165, 1.54) is 0 Å². The van der Waals surface area contributed by atoms with Gasteiger partial charge in [-0.3, -0.25) is 9.59 Å². The molecule has 0 rings (SSSR count). The third kappa shape index (κ3) is 6.38. The normalized spacial score (nSPS) is 12.4. The minimum Gasteiger partial charge on any atom is -0.481 e. The maximum atomic E-state index is 10.6. The largest absolute Gasteiger partial charge is 0.481 e. The van der Waals surface area contributed by atoms with Crippen LogP contribution in [0.1, 0.15) is 12.8 Å². The van der Waals surface area contributed by atoms with Crippen LogP contribution in [0.25, 0.3) is 0 Å². The lowest BCUT2D eigenvalue weighted by Gasteiger charge is -2.10. The van der Waals surface area contributed by atoms with Gasteiger partial charge < -0.3 is 20.6 Å². The summed E-state index contributed by atoms with van der Waals surface area (Å²) in [5.41, 5.74) is 0. The van der Waals surface area contributed by atoms with Crippen LogP contribution in [0.4, 0.5) is 0 Å². The molecule has 82 valence electrons. The molecule has 0 fully saturated rings. The predicted octanol–water partition coefficient (Wildman–Crippen LogP) is -0.866. The lowest BCUT2D eigenvalue weighted by atomic mass is 10.1. The van der Waals surface area contributed by atoms with Gasteiger partial charge in [-0.2, -0.15) is 0 Å². The fourth-order valence-electron chi connectivity index (χ4n) is 0.940. The first-order valence-corrected chi connectivity index (χ1v) is 4.34. The highest BCUT2D eigenvalue weighted by Gasteiger charge is 2.15. The molecule has 0 aromatic heterocycles. The Balaban J connectivity index is 3.61. The maximum absolute atomic E-state index is 10.6. The van der Waals surface area contributed by atoms with Gasteiger partial charge in [-0.15, -0.1) is 0 Å². The Bertz CT molecular complexity index is 194. The van der Waals surface area contributed by atoms with Crippen LogP contribution in [0.3, 0.4) is 0 Å². The Hall–Kier alpha value is -1.14. The second kappa shape index (κ2) is 7.28. The molecule has 6 nitrogen and oxygen atoms in total. The van der Waals surface area contributed by atoms with E-state index in [2.05, 4.69) is 5.32 Å². The van der Waals surface area contributed by atoms with E-state index in [9.17, 15) is 9.59 Å². The number of carbonyl (C=O) groups is 2. The molecule has 0 aliphatic carbocycles. The van der Waals surface area contributed by atoms with Gasteiger partial charge in [0.2, 0.25) is 0 Å². The number of hydrogen-bond acceptors (Lipinski definition) is 4. The summed E-state index contributed by atoms with van der Waals surface area (Å²) in [6.45, 7) is 0.241. The minimum atomic E-state index is -0.984. The van der Waals surface area contributed by atoms with Gasteiger partial charge in [-0.25, -0.2) is 0 Å². The molecule has 1 atom stereocenters. The van der Waals surface area contributed by atoms with Crippen LogP contribution in [0.5, 0.6) is 0 Å². The molecular formula is C8H15NO5. The van der Waals surface area contributed by atoms with Crippen molar-refractivity contribution in [3.63, 3.8) is 0 Å². The van der Waals surface area contributed by atoms with Crippen LogP contribution in [0.2, 0.25) is 0 Å². The van der Waals surface area contributed by atoms with Gasteiger partial charge in [0.05, 0.1) is 12.3 Å². The van der Waals surface area contributed by atoms with Crippen molar-refractivity contribution in [2.75, 3.05) is 19.7 Å². The van der Waals surface area contributed by atoms with Gasteiger partial charge in [0.15, 0.2) is 0 Å². The second-order valence-corrected chi connectivity index (χ2v) is 2.90. The van der Waals surface area contributed by atoms with Gasteiger partial charge in [0.25, 0.3) is 0 Å². The van der Waals surface area contributed by atoms with Crippen LogP contribution >= 0.6 is 0 Å². The quantitative estimate of drug-likeness (QED) is 0.384. The SMILES string of the molecule is O=C(O)CCNCC(CCO)C(=O)O. The Labute approximate surface area is 81.5 Å². The van der Waals surface area contributed by atoms with Gasteiger partial charge in [0, 0.05) is 19.7 Å². The summed E-state index contributed by atoms with van der Waals surface area (Å²) in [5.74, 6) is -2.57. The minimum absolute atomic E-state index is 0.0362. The molecule has 0 spiro atoms. The molecule has 0 aromatic rings. The van der Waals surface area contributed by atoms with Crippen LogP contribution in [-0.2, 0) is 9.59 Å². The molecule has 0 radical (unpaired) electrons. The van der Waals surface area contributed by atoms with E-state index >= 15 is 0 Å². The third-order valence-corrected chi connectivity index (χ3v) is 1.73. The van der Waals surface area contributed by atoms with Crippen molar-refractivity contribution in [2.45, 2.75) is 12.8 Å². The number of carboxylic acid groups (broad SMARTS) is 2. The number of aliphatic carboxylic acids is 2. The summed E-state index contributed by atoms with van der Waals surface area (Å²) in [5, 5.41) is 28.2. The maximum Gasteiger partial charge on any atom is 0.307 e. The summed E-state index contributed by atoms with van der Waals surface area (Å²) < 4.78 is 0. The molecule has 0 saturated carbocycles. The highest BCUT2D eigenvalue weighted by Crippen LogP contribution is 2.00.